The number of hydrogen-bond acceptors (Lipinski definition) is 5. The third-order valence-corrected chi connectivity index (χ3v) is 5.48. The van der Waals surface area contributed by atoms with E-state index in [9.17, 15) is 4.79 Å². The van der Waals surface area contributed by atoms with Gasteiger partial charge in [0.05, 0.1) is 18.9 Å². The fourth-order valence-corrected chi connectivity index (χ4v) is 3.57. The van der Waals surface area contributed by atoms with Crippen molar-refractivity contribution in [3.63, 3.8) is 0 Å². The number of nitrogens with zero attached hydrogens (tertiary/aromatic N) is 1. The molecule has 0 atom stereocenters. The van der Waals surface area contributed by atoms with Crippen molar-refractivity contribution in [2.45, 2.75) is 39.5 Å². The molecule has 0 spiro atoms. The average molecular weight is 451 g/mol. The molecule has 32 heavy (non-hydrogen) atoms. The lowest BCUT2D eigenvalue weighted by atomic mass is 10.2. The summed E-state index contributed by atoms with van der Waals surface area (Å²) in [7, 11) is 0. The summed E-state index contributed by atoms with van der Waals surface area (Å²) in [6.45, 7) is 5.73. The van der Waals surface area contributed by atoms with Gasteiger partial charge in [-0.3, -0.25) is 10.1 Å². The minimum absolute atomic E-state index is 0.214. The van der Waals surface area contributed by atoms with Crippen LogP contribution in [0, 0.1) is 0 Å². The molecule has 0 fully saturated rings. The lowest BCUT2D eigenvalue weighted by Crippen LogP contribution is -2.07. The van der Waals surface area contributed by atoms with Crippen LogP contribution in [-0.4, -0.2) is 24.1 Å². The number of hydrogen-bond donors (Lipinski definition) is 1. The second-order valence-corrected chi connectivity index (χ2v) is 8.22. The Morgan fingerprint density at radius 3 is 2.12 bits per heavy atom. The number of nitrogens with one attached hydrogen (secondary N) is 1. The molecule has 2 aromatic carbocycles. The van der Waals surface area contributed by atoms with Gasteiger partial charge in [-0.2, -0.15) is 0 Å². The topological polar surface area (TPSA) is 60.5 Å². The molecule has 6 heteroatoms. The van der Waals surface area contributed by atoms with Crippen LogP contribution in [-0.2, 0) is 4.79 Å². The summed E-state index contributed by atoms with van der Waals surface area (Å²) in [4.78, 5) is 16.8. The molecule has 1 amide bonds. The standard InChI is InChI=1S/C26H30N2O3S/c1-3-5-17-30-22-12-7-20(8-13-22)9-16-25(29)28-26-27-24(19-32-26)21-10-14-23(15-11-21)31-18-6-4-2/h7-16,19H,3-6,17-18H2,1-2H3,(H,27,28,29)/b16-9+. The minimum Gasteiger partial charge on any atom is -0.494 e. The first-order valence-corrected chi connectivity index (χ1v) is 12.0. The highest BCUT2D eigenvalue weighted by atomic mass is 32.1. The molecule has 0 unspecified atom stereocenters. The van der Waals surface area contributed by atoms with Crippen molar-refractivity contribution in [3.8, 4) is 22.8 Å². The van der Waals surface area contributed by atoms with Crippen molar-refractivity contribution in [2.24, 2.45) is 0 Å². The molecule has 1 heterocycles. The number of benzene rings is 2. The van der Waals surface area contributed by atoms with Crippen LogP contribution in [0.2, 0.25) is 0 Å². The molecule has 3 aromatic rings. The molecule has 0 radical (unpaired) electrons. The van der Waals surface area contributed by atoms with Gasteiger partial charge in [0.2, 0.25) is 5.91 Å². The highest BCUT2D eigenvalue weighted by Gasteiger charge is 2.07. The summed E-state index contributed by atoms with van der Waals surface area (Å²) in [5, 5.41) is 5.33. The molecular weight excluding hydrogens is 420 g/mol. The number of aromatic nitrogens is 1. The average Bonchev–Trinajstić information content (AvgIpc) is 3.28. The molecule has 0 saturated heterocycles. The molecule has 0 saturated carbocycles. The Hall–Kier alpha value is -3.12. The van der Waals surface area contributed by atoms with Crippen molar-refractivity contribution < 1.29 is 14.3 Å². The number of rotatable bonds is 12. The van der Waals surface area contributed by atoms with Gasteiger partial charge in [-0.15, -0.1) is 11.3 Å². The Balaban J connectivity index is 1.51. The Kier molecular flexibility index (Phi) is 9.32. The van der Waals surface area contributed by atoms with Gasteiger partial charge in [0.1, 0.15) is 11.5 Å². The lowest BCUT2D eigenvalue weighted by molar-refractivity contribution is -0.111. The largest absolute Gasteiger partial charge is 0.494 e. The van der Waals surface area contributed by atoms with E-state index < -0.39 is 0 Å². The van der Waals surface area contributed by atoms with E-state index >= 15 is 0 Å². The van der Waals surface area contributed by atoms with E-state index in [0.717, 1.165) is 67.2 Å². The zero-order chi connectivity index (χ0) is 22.6. The first-order valence-electron chi connectivity index (χ1n) is 11.1. The minimum atomic E-state index is -0.214. The number of ether oxygens (including phenoxy) is 2. The summed E-state index contributed by atoms with van der Waals surface area (Å²) in [6.07, 6.45) is 7.59. The van der Waals surface area contributed by atoms with Crippen LogP contribution < -0.4 is 14.8 Å². The van der Waals surface area contributed by atoms with Crippen LogP contribution in [0.5, 0.6) is 11.5 Å². The highest BCUT2D eigenvalue weighted by molar-refractivity contribution is 7.14. The molecule has 3 rings (SSSR count). The van der Waals surface area contributed by atoms with Crippen molar-refractivity contribution in [3.05, 3.63) is 65.6 Å². The van der Waals surface area contributed by atoms with Crippen molar-refractivity contribution >= 4 is 28.5 Å². The second kappa shape index (κ2) is 12.7. The van der Waals surface area contributed by atoms with E-state index in [1.807, 2.05) is 53.9 Å². The first kappa shape index (κ1) is 23.5. The fraction of sp³-hybridized carbons (Fsp3) is 0.308. The van der Waals surface area contributed by atoms with Gasteiger partial charge in [-0.25, -0.2) is 4.98 Å². The number of amides is 1. The maximum atomic E-state index is 12.3. The summed E-state index contributed by atoms with van der Waals surface area (Å²) in [5.41, 5.74) is 2.75. The predicted molar refractivity (Wildman–Crippen MR) is 132 cm³/mol. The maximum absolute atomic E-state index is 12.3. The van der Waals surface area contributed by atoms with Gasteiger partial charge in [-0.05, 0) is 60.9 Å². The molecular formula is C26H30N2O3S. The Bertz CT molecular complexity index is 995. The molecule has 1 aromatic heterocycles. The SMILES string of the molecule is CCCCOc1ccc(/C=C/C(=O)Nc2nc(-c3ccc(OCCCC)cc3)cs2)cc1. The number of thiazole rings is 1. The molecule has 1 N–H and O–H groups in total. The smallest absolute Gasteiger partial charge is 0.250 e. The Labute approximate surface area is 194 Å². The van der Waals surface area contributed by atoms with Crippen molar-refractivity contribution in [1.29, 1.82) is 0 Å². The van der Waals surface area contributed by atoms with Crippen LogP contribution in [0.1, 0.15) is 45.1 Å². The number of unbranched alkanes of at least 4 members (excludes halogenated alkanes) is 2. The number of carbonyl (C=O) groups is 1. The van der Waals surface area contributed by atoms with Crippen LogP contribution in [0.15, 0.2) is 60.0 Å². The third-order valence-electron chi connectivity index (χ3n) is 4.72. The van der Waals surface area contributed by atoms with E-state index in [0.29, 0.717) is 5.13 Å². The fourth-order valence-electron chi connectivity index (χ4n) is 2.85. The molecule has 5 nitrogen and oxygen atoms in total. The van der Waals surface area contributed by atoms with Gasteiger partial charge < -0.3 is 9.47 Å². The zero-order valence-corrected chi connectivity index (χ0v) is 19.5. The van der Waals surface area contributed by atoms with Crippen LogP contribution in [0.4, 0.5) is 5.13 Å². The zero-order valence-electron chi connectivity index (χ0n) is 18.7. The molecule has 0 aliphatic heterocycles. The second-order valence-electron chi connectivity index (χ2n) is 7.36. The van der Waals surface area contributed by atoms with E-state index in [4.69, 9.17) is 9.47 Å². The number of anilines is 1. The Morgan fingerprint density at radius 1 is 0.938 bits per heavy atom. The summed E-state index contributed by atoms with van der Waals surface area (Å²) in [6, 6.07) is 15.6. The van der Waals surface area contributed by atoms with E-state index in [1.54, 1.807) is 6.08 Å². The van der Waals surface area contributed by atoms with Gasteiger partial charge in [0.25, 0.3) is 0 Å². The highest BCUT2D eigenvalue weighted by Crippen LogP contribution is 2.26. The maximum Gasteiger partial charge on any atom is 0.250 e. The van der Waals surface area contributed by atoms with Gasteiger partial charge in [0, 0.05) is 17.0 Å². The van der Waals surface area contributed by atoms with E-state index in [1.165, 1.54) is 17.4 Å². The molecule has 168 valence electrons. The van der Waals surface area contributed by atoms with Crippen LogP contribution in [0.3, 0.4) is 0 Å². The molecule has 0 aliphatic rings. The normalized spacial score (nSPS) is 10.9. The molecule has 0 aliphatic carbocycles. The predicted octanol–water partition coefficient (Wildman–Crippen LogP) is 6.82. The quantitative estimate of drug-likeness (QED) is 0.243. The van der Waals surface area contributed by atoms with Crippen molar-refractivity contribution in [1.82, 2.24) is 4.98 Å². The van der Waals surface area contributed by atoms with Gasteiger partial charge in [-0.1, -0.05) is 38.8 Å². The van der Waals surface area contributed by atoms with E-state index in [-0.39, 0.29) is 5.91 Å². The summed E-state index contributed by atoms with van der Waals surface area (Å²) < 4.78 is 11.4. The summed E-state index contributed by atoms with van der Waals surface area (Å²) in [5.74, 6) is 1.49. The first-order chi connectivity index (χ1) is 15.7. The van der Waals surface area contributed by atoms with Crippen LogP contribution >= 0.6 is 11.3 Å². The monoisotopic (exact) mass is 450 g/mol. The Morgan fingerprint density at radius 2 is 1.53 bits per heavy atom. The van der Waals surface area contributed by atoms with Gasteiger partial charge >= 0.3 is 0 Å². The van der Waals surface area contributed by atoms with Crippen molar-refractivity contribution in [2.75, 3.05) is 18.5 Å². The van der Waals surface area contributed by atoms with E-state index in [2.05, 4.69) is 24.1 Å². The van der Waals surface area contributed by atoms with Gasteiger partial charge in [0.15, 0.2) is 5.13 Å². The number of carbonyl (C=O) groups excluding carboxylic acids is 1. The van der Waals surface area contributed by atoms with Crippen LogP contribution in [0.25, 0.3) is 17.3 Å². The lowest BCUT2D eigenvalue weighted by Gasteiger charge is -2.05. The summed E-state index contributed by atoms with van der Waals surface area (Å²) >= 11 is 1.40. The third kappa shape index (κ3) is 7.54. The molecule has 0 bridgehead atoms.